The molecule has 0 saturated carbocycles. The van der Waals surface area contributed by atoms with Gasteiger partial charge in [-0.25, -0.2) is 0 Å². The first-order chi connectivity index (χ1) is 9.06. The Balaban J connectivity index is 2.60. The van der Waals surface area contributed by atoms with Gasteiger partial charge in [0.15, 0.2) is 0 Å². The minimum Gasteiger partial charge on any atom is -0.394 e. The Labute approximate surface area is 118 Å². The van der Waals surface area contributed by atoms with Gasteiger partial charge in [-0.15, -0.1) is 0 Å². The van der Waals surface area contributed by atoms with Crippen molar-refractivity contribution in [3.63, 3.8) is 0 Å². The number of hydrogen-bond acceptors (Lipinski definition) is 3. The Morgan fingerprint density at radius 3 is 2.89 bits per heavy atom. The molecule has 1 aromatic rings. The van der Waals surface area contributed by atoms with Gasteiger partial charge in [-0.3, -0.25) is 4.79 Å². The molecule has 4 nitrogen and oxygen atoms in total. The molecule has 0 aliphatic heterocycles. The zero-order valence-corrected chi connectivity index (χ0v) is 11.8. The zero-order chi connectivity index (χ0) is 14.3. The number of carbonyl (C=O) groups excluding carboxylic acids is 1. The molecule has 0 radical (unpaired) electrons. The largest absolute Gasteiger partial charge is 0.394 e. The SMILES string of the molecule is COCC(CO)NC(=O)/C=C/c1ccc(C)c(Cl)c1. The van der Waals surface area contributed by atoms with Crippen molar-refractivity contribution < 1.29 is 14.6 Å². The quantitative estimate of drug-likeness (QED) is 0.783. The van der Waals surface area contributed by atoms with E-state index in [9.17, 15) is 4.79 Å². The Bertz CT molecular complexity index is 460. The maximum atomic E-state index is 11.6. The molecular weight excluding hydrogens is 266 g/mol. The monoisotopic (exact) mass is 283 g/mol. The van der Waals surface area contributed by atoms with Crippen molar-refractivity contribution in [3.8, 4) is 0 Å². The Kier molecular flexibility index (Phi) is 6.56. The molecule has 1 aromatic carbocycles. The maximum Gasteiger partial charge on any atom is 0.244 e. The van der Waals surface area contributed by atoms with E-state index in [-0.39, 0.29) is 19.1 Å². The third kappa shape index (κ3) is 5.42. The van der Waals surface area contributed by atoms with E-state index in [1.807, 2.05) is 19.1 Å². The predicted octanol–water partition coefficient (Wildman–Crippen LogP) is 1.79. The number of methoxy groups -OCH3 is 1. The standard InChI is InChI=1S/C14H18ClNO3/c1-10-3-4-11(7-13(10)15)5-6-14(18)16-12(8-17)9-19-2/h3-7,12,17H,8-9H2,1-2H3,(H,16,18)/b6-5+. The van der Waals surface area contributed by atoms with Crippen molar-refractivity contribution in [1.29, 1.82) is 0 Å². The van der Waals surface area contributed by atoms with E-state index < -0.39 is 6.04 Å². The van der Waals surface area contributed by atoms with Crippen LogP contribution in [0.1, 0.15) is 11.1 Å². The third-order valence-electron chi connectivity index (χ3n) is 2.56. The van der Waals surface area contributed by atoms with Crippen molar-refractivity contribution in [2.24, 2.45) is 0 Å². The van der Waals surface area contributed by atoms with Crippen LogP contribution in [-0.2, 0) is 9.53 Å². The summed E-state index contributed by atoms with van der Waals surface area (Å²) in [5.74, 6) is -0.284. The second-order valence-corrected chi connectivity index (χ2v) is 4.59. The first-order valence-corrected chi connectivity index (χ1v) is 6.29. The fraction of sp³-hybridized carbons (Fsp3) is 0.357. The number of rotatable bonds is 6. The lowest BCUT2D eigenvalue weighted by Gasteiger charge is -2.13. The summed E-state index contributed by atoms with van der Waals surface area (Å²) >= 11 is 5.99. The molecule has 1 amide bonds. The van der Waals surface area contributed by atoms with Gasteiger partial charge in [-0.2, -0.15) is 0 Å². The summed E-state index contributed by atoms with van der Waals surface area (Å²) in [6.45, 7) is 2.02. The van der Waals surface area contributed by atoms with Gasteiger partial charge >= 0.3 is 0 Å². The van der Waals surface area contributed by atoms with Crippen LogP contribution in [0.15, 0.2) is 24.3 Å². The van der Waals surface area contributed by atoms with Crippen molar-refractivity contribution in [2.75, 3.05) is 20.3 Å². The zero-order valence-electron chi connectivity index (χ0n) is 11.0. The highest BCUT2D eigenvalue weighted by Gasteiger charge is 2.08. The number of nitrogens with one attached hydrogen (secondary N) is 1. The summed E-state index contributed by atoms with van der Waals surface area (Å²) in [5.41, 5.74) is 1.83. The summed E-state index contributed by atoms with van der Waals surface area (Å²) in [5, 5.41) is 12.3. The van der Waals surface area contributed by atoms with Gasteiger partial charge in [0.25, 0.3) is 0 Å². The van der Waals surface area contributed by atoms with E-state index >= 15 is 0 Å². The van der Waals surface area contributed by atoms with Crippen LogP contribution < -0.4 is 5.32 Å². The van der Waals surface area contributed by atoms with Crippen LogP contribution in [0.5, 0.6) is 0 Å². The molecule has 1 rings (SSSR count). The average Bonchev–Trinajstić information content (AvgIpc) is 2.39. The highest BCUT2D eigenvalue weighted by molar-refractivity contribution is 6.31. The number of halogens is 1. The first kappa shape index (κ1) is 15.7. The number of aliphatic hydroxyl groups is 1. The van der Waals surface area contributed by atoms with Crippen molar-refractivity contribution in [2.45, 2.75) is 13.0 Å². The van der Waals surface area contributed by atoms with Crippen LogP contribution in [0, 0.1) is 6.92 Å². The first-order valence-electron chi connectivity index (χ1n) is 5.91. The predicted molar refractivity (Wildman–Crippen MR) is 76.1 cm³/mol. The van der Waals surface area contributed by atoms with Gasteiger partial charge in [0.1, 0.15) is 0 Å². The normalized spacial score (nSPS) is 12.6. The minimum absolute atomic E-state index is 0.163. The van der Waals surface area contributed by atoms with E-state index in [0.717, 1.165) is 11.1 Å². The van der Waals surface area contributed by atoms with Gasteiger partial charge in [0.05, 0.1) is 19.3 Å². The van der Waals surface area contributed by atoms with Crippen LogP contribution in [0.3, 0.4) is 0 Å². The number of hydrogen-bond donors (Lipinski definition) is 2. The van der Waals surface area contributed by atoms with Gasteiger partial charge in [0, 0.05) is 18.2 Å². The van der Waals surface area contributed by atoms with Crippen LogP contribution in [0.2, 0.25) is 5.02 Å². The van der Waals surface area contributed by atoms with Crippen LogP contribution in [0.4, 0.5) is 0 Å². The molecule has 0 spiro atoms. The lowest BCUT2D eigenvalue weighted by atomic mass is 10.1. The minimum atomic E-state index is -0.399. The number of carbonyl (C=O) groups is 1. The highest BCUT2D eigenvalue weighted by atomic mass is 35.5. The molecule has 19 heavy (non-hydrogen) atoms. The Hall–Kier alpha value is -1.36. The second-order valence-electron chi connectivity index (χ2n) is 4.19. The molecule has 2 N–H and O–H groups in total. The molecule has 0 aromatic heterocycles. The topological polar surface area (TPSA) is 58.6 Å². The summed E-state index contributed by atoms with van der Waals surface area (Å²) in [7, 11) is 1.51. The van der Waals surface area contributed by atoms with Crippen LogP contribution in [-0.4, -0.2) is 37.4 Å². The van der Waals surface area contributed by atoms with Gasteiger partial charge in [-0.1, -0.05) is 23.7 Å². The second kappa shape index (κ2) is 7.94. The van der Waals surface area contributed by atoms with E-state index in [1.54, 1.807) is 12.1 Å². The Morgan fingerprint density at radius 1 is 1.58 bits per heavy atom. The molecule has 0 saturated heterocycles. The molecule has 0 bridgehead atoms. The van der Waals surface area contributed by atoms with E-state index in [2.05, 4.69) is 5.32 Å². The molecule has 104 valence electrons. The fourth-order valence-corrected chi connectivity index (χ4v) is 1.66. The van der Waals surface area contributed by atoms with Crippen molar-refractivity contribution in [3.05, 3.63) is 40.4 Å². The molecule has 0 aliphatic carbocycles. The van der Waals surface area contributed by atoms with E-state index in [1.165, 1.54) is 13.2 Å². The highest BCUT2D eigenvalue weighted by Crippen LogP contribution is 2.17. The van der Waals surface area contributed by atoms with Crippen LogP contribution >= 0.6 is 11.6 Å². The molecule has 1 atom stereocenters. The summed E-state index contributed by atoms with van der Waals surface area (Å²) < 4.78 is 4.87. The number of aliphatic hydroxyl groups excluding tert-OH is 1. The summed E-state index contributed by atoms with van der Waals surface area (Å²) in [6, 6.07) is 5.16. The maximum absolute atomic E-state index is 11.6. The molecule has 5 heteroatoms. The van der Waals surface area contributed by atoms with E-state index in [4.69, 9.17) is 21.4 Å². The molecule has 0 heterocycles. The van der Waals surface area contributed by atoms with Crippen molar-refractivity contribution in [1.82, 2.24) is 5.32 Å². The lowest BCUT2D eigenvalue weighted by Crippen LogP contribution is -2.39. The van der Waals surface area contributed by atoms with Gasteiger partial charge in [0.2, 0.25) is 5.91 Å². The molecule has 1 unspecified atom stereocenters. The Morgan fingerprint density at radius 2 is 2.32 bits per heavy atom. The number of aryl methyl sites for hydroxylation is 1. The molecule has 0 aliphatic rings. The van der Waals surface area contributed by atoms with Crippen molar-refractivity contribution >= 4 is 23.6 Å². The smallest absolute Gasteiger partial charge is 0.244 e. The lowest BCUT2D eigenvalue weighted by molar-refractivity contribution is -0.117. The number of ether oxygens (including phenoxy) is 1. The van der Waals surface area contributed by atoms with Crippen LogP contribution in [0.25, 0.3) is 6.08 Å². The molecular formula is C14H18ClNO3. The third-order valence-corrected chi connectivity index (χ3v) is 2.96. The fourth-order valence-electron chi connectivity index (χ4n) is 1.48. The summed E-state index contributed by atoms with van der Waals surface area (Å²) in [6.07, 6.45) is 3.07. The molecule has 0 fully saturated rings. The summed E-state index contributed by atoms with van der Waals surface area (Å²) in [4.78, 5) is 11.6. The van der Waals surface area contributed by atoms with E-state index in [0.29, 0.717) is 5.02 Å². The number of amides is 1. The number of benzene rings is 1. The average molecular weight is 284 g/mol. The van der Waals surface area contributed by atoms with Gasteiger partial charge in [-0.05, 0) is 30.2 Å². The van der Waals surface area contributed by atoms with Gasteiger partial charge < -0.3 is 15.2 Å².